The van der Waals surface area contributed by atoms with Gasteiger partial charge in [0.2, 0.25) is 0 Å². The molecule has 1 N–H and O–H groups in total. The van der Waals surface area contributed by atoms with E-state index < -0.39 is 23.3 Å². The predicted molar refractivity (Wildman–Crippen MR) is 105 cm³/mol. The number of carbonyl (C=O) groups is 1. The molecule has 1 fully saturated rings. The number of hydrogen-bond donors (Lipinski definition) is 1. The summed E-state index contributed by atoms with van der Waals surface area (Å²) in [5.74, 6) is -0.567. The van der Waals surface area contributed by atoms with Gasteiger partial charge in [0.1, 0.15) is 11.9 Å². The van der Waals surface area contributed by atoms with Crippen molar-refractivity contribution in [2.45, 2.75) is 60.1 Å². The number of carbonyl (C=O) groups excluding carboxylic acids is 1. The first kappa shape index (κ1) is 22.7. The number of nitriles is 1. The molecule has 1 aromatic heterocycles. The van der Waals surface area contributed by atoms with Crippen LogP contribution in [0.4, 0.5) is 19.0 Å². The zero-order valence-electron chi connectivity index (χ0n) is 17.5. The highest BCUT2D eigenvalue weighted by molar-refractivity contribution is 6.02. The van der Waals surface area contributed by atoms with Gasteiger partial charge >= 0.3 is 6.18 Å². The average Bonchev–Trinajstić information content (AvgIpc) is 2.80. The summed E-state index contributed by atoms with van der Waals surface area (Å²) >= 11 is 0. The molecule has 29 heavy (non-hydrogen) atoms. The maximum absolute atomic E-state index is 13.6. The Balaban J connectivity index is 2.70. The SMILES string of the molecule is C/C=C(\C)NC(=O)c1c(N2CCCC(C)(C)CC2)nc(C(F)(F)F)c(C#N)c1C. The minimum atomic E-state index is -4.79. The fourth-order valence-corrected chi connectivity index (χ4v) is 3.48. The monoisotopic (exact) mass is 408 g/mol. The molecule has 0 spiro atoms. The molecule has 2 heterocycles. The van der Waals surface area contributed by atoms with Gasteiger partial charge in [0, 0.05) is 18.8 Å². The smallest absolute Gasteiger partial charge is 0.356 e. The highest BCUT2D eigenvalue weighted by atomic mass is 19.4. The average molecular weight is 408 g/mol. The van der Waals surface area contributed by atoms with E-state index >= 15 is 0 Å². The third-order valence-electron chi connectivity index (χ3n) is 5.42. The van der Waals surface area contributed by atoms with Gasteiger partial charge in [-0.25, -0.2) is 4.98 Å². The Kier molecular flexibility index (Phi) is 6.61. The van der Waals surface area contributed by atoms with Gasteiger partial charge in [-0.2, -0.15) is 18.4 Å². The summed E-state index contributed by atoms with van der Waals surface area (Å²) < 4.78 is 40.9. The number of amides is 1. The van der Waals surface area contributed by atoms with Crippen LogP contribution in [0.15, 0.2) is 11.8 Å². The maximum atomic E-state index is 13.6. The molecule has 158 valence electrons. The largest absolute Gasteiger partial charge is 0.434 e. The van der Waals surface area contributed by atoms with Crippen LogP contribution in [0, 0.1) is 23.7 Å². The number of aromatic nitrogens is 1. The number of nitrogens with one attached hydrogen (secondary N) is 1. The summed E-state index contributed by atoms with van der Waals surface area (Å²) in [6.45, 7) is 10.0. The van der Waals surface area contributed by atoms with Crippen LogP contribution < -0.4 is 10.2 Å². The van der Waals surface area contributed by atoms with E-state index in [2.05, 4.69) is 24.1 Å². The van der Waals surface area contributed by atoms with Crippen molar-refractivity contribution in [3.05, 3.63) is 34.2 Å². The minimum absolute atomic E-state index is 0.00487. The molecule has 2 rings (SSSR count). The zero-order valence-corrected chi connectivity index (χ0v) is 17.5. The van der Waals surface area contributed by atoms with Crippen LogP contribution in [0.2, 0.25) is 0 Å². The van der Waals surface area contributed by atoms with Crippen molar-refractivity contribution >= 4 is 11.7 Å². The van der Waals surface area contributed by atoms with Crippen molar-refractivity contribution in [1.29, 1.82) is 5.26 Å². The molecule has 1 saturated heterocycles. The molecule has 0 saturated carbocycles. The van der Waals surface area contributed by atoms with Crippen LogP contribution in [0.25, 0.3) is 0 Å². The molecular weight excluding hydrogens is 381 g/mol. The van der Waals surface area contributed by atoms with E-state index in [1.165, 1.54) is 6.92 Å². The molecule has 0 aliphatic carbocycles. The van der Waals surface area contributed by atoms with Crippen LogP contribution in [-0.4, -0.2) is 24.0 Å². The second-order valence-corrected chi connectivity index (χ2v) is 8.20. The second-order valence-electron chi connectivity index (χ2n) is 8.20. The fraction of sp³-hybridized carbons (Fsp3) is 0.571. The quantitative estimate of drug-likeness (QED) is 0.768. The second kappa shape index (κ2) is 8.44. The molecule has 8 heteroatoms. The lowest BCUT2D eigenvalue weighted by Gasteiger charge is -2.27. The van der Waals surface area contributed by atoms with Gasteiger partial charge in [-0.05, 0) is 51.0 Å². The van der Waals surface area contributed by atoms with Crippen LogP contribution in [0.3, 0.4) is 0 Å². The number of halogens is 3. The van der Waals surface area contributed by atoms with Gasteiger partial charge in [-0.15, -0.1) is 0 Å². The number of hydrogen-bond acceptors (Lipinski definition) is 4. The number of pyridine rings is 1. The standard InChI is InChI=1S/C21H27F3N4O/c1-6-13(2)26-19(29)16-14(3)15(12-25)17(21(22,23)24)27-18(16)28-10-7-8-20(4,5)9-11-28/h6H,7-11H2,1-5H3,(H,26,29)/b13-6+. The Hall–Kier alpha value is -2.56. The number of nitrogens with zero attached hydrogens (tertiary/aromatic N) is 3. The van der Waals surface area contributed by atoms with Crippen LogP contribution >= 0.6 is 0 Å². The Morgan fingerprint density at radius 3 is 2.52 bits per heavy atom. The van der Waals surface area contributed by atoms with E-state index in [4.69, 9.17) is 0 Å². The molecule has 0 aromatic carbocycles. The van der Waals surface area contributed by atoms with Crippen LogP contribution in [-0.2, 0) is 6.18 Å². The molecule has 5 nitrogen and oxygen atoms in total. The van der Waals surface area contributed by atoms with Crippen molar-refractivity contribution in [1.82, 2.24) is 10.3 Å². The Morgan fingerprint density at radius 2 is 1.97 bits per heavy atom. The number of allylic oxidation sites excluding steroid dienone is 2. The minimum Gasteiger partial charge on any atom is -0.356 e. The summed E-state index contributed by atoms with van der Waals surface area (Å²) in [4.78, 5) is 18.5. The third kappa shape index (κ3) is 5.08. The van der Waals surface area contributed by atoms with Gasteiger partial charge in [-0.1, -0.05) is 19.9 Å². The maximum Gasteiger partial charge on any atom is 0.434 e. The Labute approximate surface area is 169 Å². The Morgan fingerprint density at radius 1 is 1.31 bits per heavy atom. The van der Waals surface area contributed by atoms with E-state index in [1.807, 2.05) is 0 Å². The molecule has 0 bridgehead atoms. The van der Waals surface area contributed by atoms with Gasteiger partial charge < -0.3 is 10.2 Å². The lowest BCUT2D eigenvalue weighted by Crippen LogP contribution is -2.33. The van der Waals surface area contributed by atoms with Crippen LogP contribution in [0.1, 0.15) is 74.1 Å². The molecule has 1 aromatic rings. The Bertz CT molecular complexity index is 866. The molecule has 1 aliphatic rings. The first-order chi connectivity index (χ1) is 13.4. The molecule has 0 atom stereocenters. The van der Waals surface area contributed by atoms with E-state index in [0.29, 0.717) is 18.8 Å². The number of rotatable bonds is 3. The van der Waals surface area contributed by atoms with Gasteiger partial charge in [0.25, 0.3) is 5.91 Å². The third-order valence-corrected chi connectivity index (χ3v) is 5.42. The van der Waals surface area contributed by atoms with Crippen molar-refractivity contribution in [2.75, 3.05) is 18.0 Å². The normalized spacial score (nSPS) is 17.5. The highest BCUT2D eigenvalue weighted by Gasteiger charge is 2.40. The molecule has 1 amide bonds. The summed E-state index contributed by atoms with van der Waals surface area (Å²) in [7, 11) is 0. The van der Waals surface area contributed by atoms with Crippen molar-refractivity contribution in [2.24, 2.45) is 5.41 Å². The first-order valence-electron chi connectivity index (χ1n) is 9.62. The van der Waals surface area contributed by atoms with Crippen molar-refractivity contribution in [3.63, 3.8) is 0 Å². The van der Waals surface area contributed by atoms with E-state index in [0.717, 1.165) is 19.3 Å². The highest BCUT2D eigenvalue weighted by Crippen LogP contribution is 2.38. The van der Waals surface area contributed by atoms with Gasteiger partial charge in [0.05, 0.1) is 11.1 Å². The lowest BCUT2D eigenvalue weighted by atomic mass is 9.85. The van der Waals surface area contributed by atoms with Gasteiger partial charge in [0.15, 0.2) is 5.69 Å². The molecule has 0 radical (unpaired) electrons. The fourth-order valence-electron chi connectivity index (χ4n) is 3.48. The van der Waals surface area contributed by atoms with E-state index in [9.17, 15) is 23.2 Å². The van der Waals surface area contributed by atoms with E-state index in [1.54, 1.807) is 30.9 Å². The molecule has 1 aliphatic heterocycles. The summed E-state index contributed by atoms with van der Waals surface area (Å²) in [5.41, 5.74) is -1.20. The van der Waals surface area contributed by atoms with E-state index in [-0.39, 0.29) is 22.4 Å². The predicted octanol–water partition coefficient (Wildman–Crippen LogP) is 4.95. The number of anilines is 1. The lowest BCUT2D eigenvalue weighted by molar-refractivity contribution is -0.141. The molecule has 0 unspecified atom stereocenters. The van der Waals surface area contributed by atoms with Crippen molar-refractivity contribution in [3.8, 4) is 6.07 Å². The van der Waals surface area contributed by atoms with Crippen LogP contribution in [0.5, 0.6) is 0 Å². The summed E-state index contributed by atoms with van der Waals surface area (Å²) in [6.07, 6.45) is -0.619. The summed E-state index contributed by atoms with van der Waals surface area (Å²) in [5, 5.41) is 12.0. The number of alkyl halides is 3. The first-order valence-corrected chi connectivity index (χ1v) is 9.62. The molecular formula is C21H27F3N4O. The summed E-state index contributed by atoms with van der Waals surface area (Å²) in [6, 6.07) is 1.59. The van der Waals surface area contributed by atoms with Gasteiger partial charge in [-0.3, -0.25) is 4.79 Å². The van der Waals surface area contributed by atoms with Crippen molar-refractivity contribution < 1.29 is 18.0 Å². The zero-order chi connectivity index (χ0) is 22.0. The topological polar surface area (TPSA) is 69.0 Å².